The molecule has 2 heterocycles. The van der Waals surface area contributed by atoms with Crippen LogP contribution >= 0.6 is 11.3 Å². The maximum absolute atomic E-state index is 12.8. The summed E-state index contributed by atoms with van der Waals surface area (Å²) in [5.74, 6) is -1.31. The molecule has 3 rings (SSSR count). The van der Waals surface area contributed by atoms with E-state index in [1.54, 1.807) is 11.0 Å². The van der Waals surface area contributed by atoms with Crippen LogP contribution in [0.1, 0.15) is 38.1 Å². The fourth-order valence-corrected chi connectivity index (χ4v) is 5.36. The lowest BCUT2D eigenvalue weighted by Gasteiger charge is -2.25. The standard InChI is InChI=1S/C19H20N2O6S2/c1-11(22)21-9-8-12-14(10-21)28-18(16(12)19(24)27-2)20-17(23)13-6-4-5-7-15(13)29(3,25)26/h4-7H,8-10H2,1-3H3,(H,20,23). The van der Waals surface area contributed by atoms with Crippen LogP contribution in [0.5, 0.6) is 0 Å². The molecule has 1 aromatic heterocycles. The number of thiophene rings is 1. The summed E-state index contributed by atoms with van der Waals surface area (Å²) in [4.78, 5) is 39.3. The van der Waals surface area contributed by atoms with Gasteiger partial charge < -0.3 is 15.0 Å². The second kappa shape index (κ2) is 7.96. The fraction of sp³-hybridized carbons (Fsp3) is 0.316. The molecule has 0 atom stereocenters. The molecular weight excluding hydrogens is 416 g/mol. The first kappa shape index (κ1) is 21.0. The van der Waals surface area contributed by atoms with Crippen molar-refractivity contribution in [2.75, 3.05) is 25.2 Å². The van der Waals surface area contributed by atoms with Gasteiger partial charge in [-0.3, -0.25) is 9.59 Å². The van der Waals surface area contributed by atoms with E-state index in [2.05, 4.69) is 5.32 Å². The number of sulfone groups is 1. The third-order valence-corrected chi connectivity index (χ3v) is 6.94. The molecule has 0 fully saturated rings. The third kappa shape index (κ3) is 4.18. The van der Waals surface area contributed by atoms with Crippen molar-refractivity contribution in [3.8, 4) is 0 Å². The van der Waals surface area contributed by atoms with Crippen LogP contribution in [0.3, 0.4) is 0 Å². The highest BCUT2D eigenvalue weighted by molar-refractivity contribution is 7.90. The minimum atomic E-state index is -3.61. The van der Waals surface area contributed by atoms with Gasteiger partial charge in [0.25, 0.3) is 5.91 Å². The van der Waals surface area contributed by atoms with Gasteiger partial charge in [-0.2, -0.15) is 0 Å². The Morgan fingerprint density at radius 1 is 1.21 bits per heavy atom. The Morgan fingerprint density at radius 2 is 1.90 bits per heavy atom. The van der Waals surface area contributed by atoms with Crippen LogP contribution in [-0.2, 0) is 32.3 Å². The van der Waals surface area contributed by atoms with Crippen molar-refractivity contribution in [3.05, 3.63) is 45.8 Å². The number of hydrogen-bond acceptors (Lipinski definition) is 7. The number of benzene rings is 1. The summed E-state index contributed by atoms with van der Waals surface area (Å²) in [6.07, 6.45) is 1.49. The summed E-state index contributed by atoms with van der Waals surface area (Å²) in [6, 6.07) is 5.87. The normalized spacial score (nSPS) is 13.6. The highest BCUT2D eigenvalue weighted by atomic mass is 32.2. The maximum atomic E-state index is 12.8. The number of hydrogen-bond donors (Lipinski definition) is 1. The van der Waals surface area contributed by atoms with Crippen molar-refractivity contribution in [3.63, 3.8) is 0 Å². The van der Waals surface area contributed by atoms with E-state index in [-0.39, 0.29) is 26.9 Å². The molecule has 0 aliphatic carbocycles. The van der Waals surface area contributed by atoms with E-state index in [4.69, 9.17) is 4.74 Å². The number of carbonyl (C=O) groups is 3. The molecule has 154 valence electrons. The summed E-state index contributed by atoms with van der Waals surface area (Å²) >= 11 is 1.19. The van der Waals surface area contributed by atoms with Crippen molar-refractivity contribution in [2.45, 2.75) is 24.8 Å². The van der Waals surface area contributed by atoms with E-state index >= 15 is 0 Å². The number of nitrogens with zero attached hydrogens (tertiary/aromatic N) is 1. The molecule has 1 aliphatic heterocycles. The van der Waals surface area contributed by atoms with Gasteiger partial charge in [0.2, 0.25) is 5.91 Å². The Labute approximate surface area is 172 Å². The summed E-state index contributed by atoms with van der Waals surface area (Å²) in [5, 5.41) is 2.94. The number of methoxy groups -OCH3 is 1. The number of anilines is 1. The zero-order valence-electron chi connectivity index (χ0n) is 16.1. The number of amides is 2. The van der Waals surface area contributed by atoms with Gasteiger partial charge in [0, 0.05) is 24.6 Å². The van der Waals surface area contributed by atoms with Gasteiger partial charge in [0.1, 0.15) is 5.00 Å². The van der Waals surface area contributed by atoms with Crippen molar-refractivity contribution in [1.82, 2.24) is 4.90 Å². The first-order valence-corrected chi connectivity index (χ1v) is 11.4. The third-order valence-electron chi connectivity index (χ3n) is 4.65. The molecule has 0 unspecified atom stereocenters. The SMILES string of the molecule is COC(=O)c1c(NC(=O)c2ccccc2S(C)(=O)=O)sc2c1CCN(C(C)=O)C2. The highest BCUT2D eigenvalue weighted by Gasteiger charge is 2.30. The van der Waals surface area contributed by atoms with E-state index in [9.17, 15) is 22.8 Å². The molecule has 1 aromatic carbocycles. The van der Waals surface area contributed by atoms with Gasteiger partial charge in [0.15, 0.2) is 9.84 Å². The molecule has 1 N–H and O–H groups in total. The second-order valence-corrected chi connectivity index (χ2v) is 9.70. The van der Waals surface area contributed by atoms with Crippen LogP contribution < -0.4 is 5.32 Å². The molecule has 29 heavy (non-hydrogen) atoms. The van der Waals surface area contributed by atoms with Crippen LogP contribution in [0.25, 0.3) is 0 Å². The number of ether oxygens (including phenoxy) is 1. The van der Waals surface area contributed by atoms with Crippen LogP contribution in [0.15, 0.2) is 29.2 Å². The number of fused-ring (bicyclic) bond motifs is 1. The topological polar surface area (TPSA) is 110 Å². The summed E-state index contributed by atoms with van der Waals surface area (Å²) in [7, 11) is -2.36. The van der Waals surface area contributed by atoms with Crippen molar-refractivity contribution >= 4 is 44.0 Å². The van der Waals surface area contributed by atoms with Gasteiger partial charge >= 0.3 is 5.97 Å². The van der Waals surface area contributed by atoms with Crippen LogP contribution in [-0.4, -0.2) is 51.0 Å². The fourth-order valence-electron chi connectivity index (χ4n) is 3.23. The van der Waals surface area contributed by atoms with Gasteiger partial charge in [-0.25, -0.2) is 13.2 Å². The largest absolute Gasteiger partial charge is 0.465 e. The molecule has 1 aliphatic rings. The lowest BCUT2D eigenvalue weighted by molar-refractivity contribution is -0.129. The van der Waals surface area contributed by atoms with Crippen LogP contribution in [0.4, 0.5) is 5.00 Å². The quantitative estimate of drug-likeness (QED) is 0.735. The molecule has 2 aromatic rings. The first-order valence-electron chi connectivity index (χ1n) is 8.72. The minimum absolute atomic E-state index is 0.0115. The highest BCUT2D eigenvalue weighted by Crippen LogP contribution is 2.38. The predicted molar refractivity (Wildman–Crippen MR) is 108 cm³/mol. The van der Waals surface area contributed by atoms with Crippen molar-refractivity contribution in [1.29, 1.82) is 0 Å². The Bertz CT molecular complexity index is 1100. The maximum Gasteiger partial charge on any atom is 0.341 e. The smallest absolute Gasteiger partial charge is 0.341 e. The summed E-state index contributed by atoms with van der Waals surface area (Å²) in [5.41, 5.74) is 0.981. The summed E-state index contributed by atoms with van der Waals surface area (Å²) in [6.45, 7) is 2.28. The molecule has 0 spiro atoms. The average Bonchev–Trinajstić information content (AvgIpc) is 3.03. The lowest BCUT2D eigenvalue weighted by atomic mass is 10.0. The van der Waals surface area contributed by atoms with E-state index < -0.39 is 21.7 Å². The van der Waals surface area contributed by atoms with Gasteiger partial charge in [-0.05, 0) is 24.1 Å². The zero-order chi connectivity index (χ0) is 21.3. The Balaban J connectivity index is 2.01. The van der Waals surface area contributed by atoms with Gasteiger partial charge in [-0.1, -0.05) is 12.1 Å². The summed E-state index contributed by atoms with van der Waals surface area (Å²) < 4.78 is 28.9. The molecule has 8 nitrogen and oxygen atoms in total. The number of rotatable bonds is 4. The minimum Gasteiger partial charge on any atom is -0.465 e. The van der Waals surface area contributed by atoms with E-state index in [1.165, 1.54) is 43.6 Å². The lowest BCUT2D eigenvalue weighted by Crippen LogP contribution is -2.33. The van der Waals surface area contributed by atoms with Crippen molar-refractivity contribution < 1.29 is 27.5 Å². The Morgan fingerprint density at radius 3 is 2.52 bits per heavy atom. The molecule has 0 radical (unpaired) electrons. The molecular formula is C19H20N2O6S2. The molecule has 2 amide bonds. The first-order chi connectivity index (χ1) is 13.6. The average molecular weight is 437 g/mol. The molecule has 10 heteroatoms. The number of nitrogens with one attached hydrogen (secondary N) is 1. The second-order valence-electron chi connectivity index (χ2n) is 6.61. The zero-order valence-corrected chi connectivity index (χ0v) is 17.8. The Kier molecular flexibility index (Phi) is 5.76. The van der Waals surface area contributed by atoms with Crippen LogP contribution in [0, 0.1) is 0 Å². The molecule has 0 saturated heterocycles. The van der Waals surface area contributed by atoms with E-state index in [0.717, 1.165) is 16.7 Å². The Hall–Kier alpha value is -2.72. The number of carbonyl (C=O) groups excluding carboxylic acids is 3. The molecule has 0 bridgehead atoms. The predicted octanol–water partition coefficient (Wildman–Crippen LogP) is 2.10. The van der Waals surface area contributed by atoms with Crippen molar-refractivity contribution in [2.24, 2.45) is 0 Å². The van der Waals surface area contributed by atoms with E-state index in [0.29, 0.717) is 19.5 Å². The van der Waals surface area contributed by atoms with E-state index in [1.807, 2.05) is 0 Å². The van der Waals surface area contributed by atoms with Gasteiger partial charge in [-0.15, -0.1) is 11.3 Å². The van der Waals surface area contributed by atoms with Crippen LogP contribution in [0.2, 0.25) is 0 Å². The monoisotopic (exact) mass is 436 g/mol. The molecule has 0 saturated carbocycles. The number of esters is 1. The van der Waals surface area contributed by atoms with Gasteiger partial charge in [0.05, 0.1) is 29.7 Å².